The molecule has 0 aliphatic carbocycles. The van der Waals surface area contributed by atoms with Crippen LogP contribution in [0.15, 0.2) is 12.5 Å². The Hall–Kier alpha value is -0.870. The van der Waals surface area contributed by atoms with Crippen molar-refractivity contribution in [3.63, 3.8) is 0 Å². The Bertz CT molecular complexity index is 257. The van der Waals surface area contributed by atoms with Gasteiger partial charge < -0.3 is 15.2 Å². The maximum atomic E-state index is 4.02. The maximum Gasteiger partial charge on any atom is 0.0922 e. The fourth-order valence-corrected chi connectivity index (χ4v) is 1.87. The molecular weight excluding hydrogens is 200 g/mol. The first-order valence-electron chi connectivity index (χ1n) is 5.93. The van der Waals surface area contributed by atoms with E-state index in [0.717, 1.165) is 24.7 Å². The molecule has 0 aromatic carbocycles. The average Bonchev–Trinajstić information content (AvgIpc) is 2.64. The van der Waals surface area contributed by atoms with E-state index in [2.05, 4.69) is 48.1 Å². The van der Waals surface area contributed by atoms with Gasteiger partial charge in [0, 0.05) is 31.0 Å². The Labute approximate surface area is 98.5 Å². The van der Waals surface area contributed by atoms with Gasteiger partial charge in [-0.05, 0) is 26.4 Å². The van der Waals surface area contributed by atoms with Crippen molar-refractivity contribution in [3.8, 4) is 0 Å². The van der Waals surface area contributed by atoms with Crippen LogP contribution in [0.5, 0.6) is 0 Å². The molecule has 0 spiro atoms. The van der Waals surface area contributed by atoms with Gasteiger partial charge >= 0.3 is 0 Å². The lowest BCUT2D eigenvalue weighted by Gasteiger charge is -2.23. The number of hydrogen-bond acceptors (Lipinski definition) is 3. The molecule has 0 bridgehead atoms. The van der Waals surface area contributed by atoms with E-state index in [1.165, 1.54) is 6.42 Å². The first-order chi connectivity index (χ1) is 7.58. The summed E-state index contributed by atoms with van der Waals surface area (Å²) in [6.45, 7) is 6.47. The summed E-state index contributed by atoms with van der Waals surface area (Å²) in [7, 11) is 4.23. The predicted octanol–water partition coefficient (Wildman–Crippen LogP) is 1.48. The Balaban J connectivity index is 2.37. The zero-order chi connectivity index (χ0) is 12.0. The predicted molar refractivity (Wildman–Crippen MR) is 67.2 cm³/mol. The van der Waals surface area contributed by atoms with Crippen LogP contribution < -0.4 is 5.32 Å². The molecule has 1 unspecified atom stereocenters. The van der Waals surface area contributed by atoms with E-state index in [1.807, 2.05) is 6.20 Å². The van der Waals surface area contributed by atoms with E-state index in [0.29, 0.717) is 6.04 Å². The summed E-state index contributed by atoms with van der Waals surface area (Å²) in [5.74, 6) is 0.721. The van der Waals surface area contributed by atoms with Gasteiger partial charge in [0.15, 0.2) is 0 Å². The van der Waals surface area contributed by atoms with E-state index in [4.69, 9.17) is 0 Å². The quantitative estimate of drug-likeness (QED) is 0.737. The highest BCUT2D eigenvalue weighted by molar-refractivity contribution is 4.94. The van der Waals surface area contributed by atoms with Crippen molar-refractivity contribution in [1.29, 1.82) is 0 Å². The number of imidazole rings is 1. The number of hydrogen-bond donors (Lipinski definition) is 2. The van der Waals surface area contributed by atoms with E-state index < -0.39 is 0 Å². The van der Waals surface area contributed by atoms with Crippen LogP contribution in [-0.2, 0) is 6.54 Å². The third-order valence-corrected chi connectivity index (χ3v) is 2.48. The highest BCUT2D eigenvalue weighted by atomic mass is 15.1. The van der Waals surface area contributed by atoms with Gasteiger partial charge in [0.2, 0.25) is 0 Å². The molecule has 1 aromatic heterocycles. The number of nitrogens with zero attached hydrogens (tertiary/aromatic N) is 2. The molecule has 2 N–H and O–H groups in total. The molecule has 1 atom stereocenters. The van der Waals surface area contributed by atoms with Crippen LogP contribution in [0.3, 0.4) is 0 Å². The Morgan fingerprint density at radius 1 is 1.44 bits per heavy atom. The number of nitrogens with one attached hydrogen (secondary N) is 2. The SMILES string of the molecule is CC(C)CC(CN(C)C)NCc1cnc[nH]1. The van der Waals surface area contributed by atoms with Crippen LogP contribution in [-0.4, -0.2) is 41.5 Å². The first kappa shape index (κ1) is 13.2. The summed E-state index contributed by atoms with van der Waals surface area (Å²) in [5.41, 5.74) is 1.15. The summed E-state index contributed by atoms with van der Waals surface area (Å²) in [6.07, 6.45) is 4.79. The molecule has 0 radical (unpaired) electrons. The van der Waals surface area contributed by atoms with E-state index >= 15 is 0 Å². The maximum absolute atomic E-state index is 4.02. The smallest absolute Gasteiger partial charge is 0.0922 e. The van der Waals surface area contributed by atoms with Crippen molar-refractivity contribution in [2.45, 2.75) is 32.9 Å². The van der Waals surface area contributed by atoms with Gasteiger partial charge in [0.1, 0.15) is 0 Å². The summed E-state index contributed by atoms with van der Waals surface area (Å²) in [5, 5.41) is 3.57. The average molecular weight is 224 g/mol. The number of H-pyrrole nitrogens is 1. The lowest BCUT2D eigenvalue weighted by Crippen LogP contribution is -2.38. The van der Waals surface area contributed by atoms with Gasteiger partial charge in [-0.25, -0.2) is 4.98 Å². The molecule has 4 nitrogen and oxygen atoms in total. The number of aromatic nitrogens is 2. The van der Waals surface area contributed by atoms with Gasteiger partial charge in [-0.3, -0.25) is 0 Å². The molecule has 0 saturated heterocycles. The van der Waals surface area contributed by atoms with Gasteiger partial charge in [0.25, 0.3) is 0 Å². The van der Waals surface area contributed by atoms with Crippen LogP contribution in [0.4, 0.5) is 0 Å². The lowest BCUT2D eigenvalue weighted by atomic mass is 10.0. The molecule has 1 heterocycles. The van der Waals surface area contributed by atoms with Crippen molar-refractivity contribution in [3.05, 3.63) is 18.2 Å². The molecular formula is C12H24N4. The molecule has 1 aromatic rings. The molecule has 0 fully saturated rings. The van der Waals surface area contributed by atoms with E-state index in [-0.39, 0.29) is 0 Å². The summed E-state index contributed by atoms with van der Waals surface area (Å²) in [4.78, 5) is 9.36. The van der Waals surface area contributed by atoms with Gasteiger partial charge in [-0.1, -0.05) is 13.8 Å². The molecule has 16 heavy (non-hydrogen) atoms. The lowest BCUT2D eigenvalue weighted by molar-refractivity contribution is 0.304. The van der Waals surface area contributed by atoms with Crippen LogP contribution >= 0.6 is 0 Å². The third kappa shape index (κ3) is 5.28. The normalized spacial score (nSPS) is 13.6. The molecule has 4 heteroatoms. The highest BCUT2D eigenvalue weighted by Gasteiger charge is 2.11. The topological polar surface area (TPSA) is 44.0 Å². The Kier molecular flexibility index (Phi) is 5.49. The zero-order valence-electron chi connectivity index (χ0n) is 10.8. The molecule has 0 amide bonds. The summed E-state index contributed by atoms with van der Waals surface area (Å²) < 4.78 is 0. The van der Waals surface area contributed by atoms with Crippen molar-refractivity contribution < 1.29 is 0 Å². The molecule has 1 rings (SSSR count). The Morgan fingerprint density at radius 2 is 2.19 bits per heavy atom. The fourth-order valence-electron chi connectivity index (χ4n) is 1.87. The second-order valence-electron chi connectivity index (χ2n) is 5.05. The minimum absolute atomic E-state index is 0.540. The Morgan fingerprint density at radius 3 is 2.69 bits per heavy atom. The van der Waals surface area contributed by atoms with Crippen LogP contribution in [0, 0.1) is 5.92 Å². The van der Waals surface area contributed by atoms with Crippen LogP contribution in [0.1, 0.15) is 26.0 Å². The zero-order valence-corrected chi connectivity index (χ0v) is 10.8. The summed E-state index contributed by atoms with van der Waals surface area (Å²) >= 11 is 0. The van der Waals surface area contributed by atoms with Crippen molar-refractivity contribution >= 4 is 0 Å². The minimum Gasteiger partial charge on any atom is -0.347 e. The third-order valence-electron chi connectivity index (χ3n) is 2.48. The second kappa shape index (κ2) is 6.66. The van der Waals surface area contributed by atoms with Gasteiger partial charge in [-0.2, -0.15) is 0 Å². The number of aromatic amines is 1. The molecule has 92 valence electrons. The van der Waals surface area contributed by atoms with Gasteiger partial charge in [-0.15, -0.1) is 0 Å². The molecule has 0 aliphatic heterocycles. The van der Waals surface area contributed by atoms with E-state index in [1.54, 1.807) is 6.33 Å². The molecule has 0 aliphatic rings. The number of rotatable bonds is 7. The molecule has 0 saturated carbocycles. The highest BCUT2D eigenvalue weighted by Crippen LogP contribution is 2.06. The largest absolute Gasteiger partial charge is 0.347 e. The van der Waals surface area contributed by atoms with Crippen molar-refractivity contribution in [2.24, 2.45) is 5.92 Å². The van der Waals surface area contributed by atoms with Crippen molar-refractivity contribution in [1.82, 2.24) is 20.2 Å². The number of likely N-dealkylation sites (N-methyl/N-ethyl adjacent to an activating group) is 1. The van der Waals surface area contributed by atoms with Gasteiger partial charge in [0.05, 0.1) is 6.33 Å². The second-order valence-corrected chi connectivity index (χ2v) is 5.05. The first-order valence-corrected chi connectivity index (χ1v) is 5.93. The van der Waals surface area contributed by atoms with E-state index in [9.17, 15) is 0 Å². The fraction of sp³-hybridized carbons (Fsp3) is 0.750. The minimum atomic E-state index is 0.540. The van der Waals surface area contributed by atoms with Crippen molar-refractivity contribution in [2.75, 3.05) is 20.6 Å². The standard InChI is InChI=1S/C12H24N4/c1-10(2)5-11(8-16(3)4)14-7-12-6-13-9-15-12/h6,9-11,14H,5,7-8H2,1-4H3,(H,13,15). The monoisotopic (exact) mass is 224 g/mol. The van der Waals surface area contributed by atoms with Crippen LogP contribution in [0.2, 0.25) is 0 Å². The van der Waals surface area contributed by atoms with Crippen LogP contribution in [0.25, 0.3) is 0 Å². The summed E-state index contributed by atoms with van der Waals surface area (Å²) in [6, 6.07) is 0.540.